The number of carbonyl (C=O) groups excluding carboxylic acids is 1. The van der Waals surface area contributed by atoms with Crippen LogP contribution in [0.2, 0.25) is 15.1 Å². The number of nitrogens with one attached hydrogen (secondary N) is 2. The van der Waals surface area contributed by atoms with Crippen LogP contribution in [0, 0.1) is 0 Å². The predicted molar refractivity (Wildman–Crippen MR) is 103 cm³/mol. The minimum atomic E-state index is -0.404. The first kappa shape index (κ1) is 18.5. The van der Waals surface area contributed by atoms with Crippen molar-refractivity contribution in [1.82, 2.24) is 5.32 Å². The third-order valence-corrected chi connectivity index (χ3v) is 3.84. The average molecular weight is 402 g/mol. The van der Waals surface area contributed by atoms with Gasteiger partial charge >= 0.3 is 0 Å². The van der Waals surface area contributed by atoms with Crippen LogP contribution in [0.15, 0.2) is 42.5 Å². The maximum Gasteiger partial charge on any atom is 0.250 e. The molecule has 2 aromatic carbocycles. The largest absolute Gasteiger partial charge is 0.505 e. The number of thiocarbonyl (C=S) groups is 1. The van der Waals surface area contributed by atoms with Crippen molar-refractivity contribution in [2.24, 2.45) is 0 Å². The van der Waals surface area contributed by atoms with E-state index in [1.54, 1.807) is 30.3 Å². The summed E-state index contributed by atoms with van der Waals surface area (Å²) in [7, 11) is 0. The topological polar surface area (TPSA) is 61.4 Å². The molecule has 0 radical (unpaired) electrons. The Bertz CT molecular complexity index is 784. The van der Waals surface area contributed by atoms with Gasteiger partial charge in [0.05, 0.1) is 10.0 Å². The molecule has 1 amide bonds. The molecule has 124 valence electrons. The van der Waals surface area contributed by atoms with Crippen LogP contribution in [0.5, 0.6) is 5.75 Å². The minimum Gasteiger partial charge on any atom is -0.505 e. The Balaban J connectivity index is 1.94. The third-order valence-electron chi connectivity index (χ3n) is 2.81. The highest BCUT2D eigenvalue weighted by molar-refractivity contribution is 7.80. The molecule has 2 aromatic rings. The van der Waals surface area contributed by atoms with Crippen LogP contribution < -0.4 is 10.6 Å². The molecule has 0 unspecified atom stereocenters. The van der Waals surface area contributed by atoms with Gasteiger partial charge in [0.15, 0.2) is 10.9 Å². The van der Waals surface area contributed by atoms with E-state index in [0.717, 1.165) is 5.56 Å². The minimum absolute atomic E-state index is 0.0681. The molecule has 3 N–H and O–H groups in total. The number of carbonyl (C=O) groups is 1. The normalized spacial score (nSPS) is 10.6. The Morgan fingerprint density at radius 3 is 2.25 bits per heavy atom. The molecule has 0 aliphatic heterocycles. The summed E-state index contributed by atoms with van der Waals surface area (Å²) < 4.78 is 0. The second-order valence-corrected chi connectivity index (χ2v) is 6.28. The fraction of sp³-hybridized carbons (Fsp3) is 0. The summed E-state index contributed by atoms with van der Waals surface area (Å²) in [5.41, 5.74) is 1.26. The highest BCUT2D eigenvalue weighted by atomic mass is 35.5. The van der Waals surface area contributed by atoms with Gasteiger partial charge in [0.1, 0.15) is 0 Å². The van der Waals surface area contributed by atoms with Gasteiger partial charge in [-0.25, -0.2) is 0 Å². The van der Waals surface area contributed by atoms with Crippen LogP contribution in [0.1, 0.15) is 5.56 Å². The number of halogens is 3. The molecular weight excluding hydrogens is 391 g/mol. The molecule has 0 aliphatic rings. The zero-order valence-electron chi connectivity index (χ0n) is 12.0. The van der Waals surface area contributed by atoms with E-state index in [-0.39, 0.29) is 20.9 Å². The average Bonchev–Trinajstić information content (AvgIpc) is 2.52. The Morgan fingerprint density at radius 1 is 1.08 bits per heavy atom. The number of amides is 1. The summed E-state index contributed by atoms with van der Waals surface area (Å²) in [6.45, 7) is 0. The molecule has 4 nitrogen and oxygen atoms in total. The fourth-order valence-electron chi connectivity index (χ4n) is 1.70. The monoisotopic (exact) mass is 400 g/mol. The maximum atomic E-state index is 11.8. The summed E-state index contributed by atoms with van der Waals surface area (Å²) in [5, 5.41) is 15.6. The van der Waals surface area contributed by atoms with Gasteiger partial charge in [0.2, 0.25) is 5.91 Å². The van der Waals surface area contributed by atoms with Gasteiger partial charge < -0.3 is 10.4 Å². The fourth-order valence-corrected chi connectivity index (χ4v) is 2.53. The molecule has 0 heterocycles. The number of anilines is 1. The van der Waals surface area contributed by atoms with E-state index in [1.165, 1.54) is 18.2 Å². The molecule has 2 rings (SSSR count). The Labute approximate surface area is 159 Å². The van der Waals surface area contributed by atoms with Crippen molar-refractivity contribution in [2.75, 3.05) is 5.32 Å². The predicted octanol–water partition coefficient (Wildman–Crippen LogP) is 4.88. The zero-order chi connectivity index (χ0) is 17.7. The second kappa shape index (κ2) is 8.35. The molecule has 0 aliphatic carbocycles. The van der Waals surface area contributed by atoms with Crippen molar-refractivity contribution in [3.63, 3.8) is 0 Å². The lowest BCUT2D eigenvalue weighted by atomic mass is 10.2. The molecule has 8 heteroatoms. The summed E-state index contributed by atoms with van der Waals surface area (Å²) >= 11 is 22.4. The van der Waals surface area contributed by atoms with E-state index < -0.39 is 5.91 Å². The number of phenolic OH excluding ortho intramolecular Hbond substituents is 1. The Morgan fingerprint density at radius 2 is 1.67 bits per heavy atom. The lowest BCUT2D eigenvalue weighted by Gasteiger charge is -2.10. The number of aromatic hydroxyl groups is 1. The molecule has 0 atom stereocenters. The number of rotatable bonds is 3. The first-order chi connectivity index (χ1) is 11.3. The van der Waals surface area contributed by atoms with Crippen LogP contribution >= 0.6 is 47.0 Å². The molecule has 0 aromatic heterocycles. The molecule has 0 spiro atoms. The summed E-state index contributed by atoms with van der Waals surface area (Å²) in [6, 6.07) is 9.88. The smallest absolute Gasteiger partial charge is 0.250 e. The number of hydrogen-bond acceptors (Lipinski definition) is 3. The highest BCUT2D eigenvalue weighted by Gasteiger charge is 2.08. The van der Waals surface area contributed by atoms with Crippen LogP contribution in [0.25, 0.3) is 6.08 Å². The Hall–Kier alpha value is -1.79. The van der Waals surface area contributed by atoms with E-state index in [1.807, 2.05) is 0 Å². The van der Waals surface area contributed by atoms with Crippen LogP contribution in [-0.4, -0.2) is 16.1 Å². The molecule has 0 saturated carbocycles. The first-order valence-corrected chi connectivity index (χ1v) is 8.13. The van der Waals surface area contributed by atoms with Crippen LogP contribution in [-0.2, 0) is 4.79 Å². The van der Waals surface area contributed by atoms with Gasteiger partial charge in [-0.05, 0) is 48.1 Å². The van der Waals surface area contributed by atoms with Crippen molar-refractivity contribution in [1.29, 1.82) is 0 Å². The van der Waals surface area contributed by atoms with E-state index in [4.69, 9.17) is 47.0 Å². The van der Waals surface area contributed by atoms with Gasteiger partial charge in [-0.2, -0.15) is 0 Å². The number of benzene rings is 2. The Kier molecular flexibility index (Phi) is 6.45. The van der Waals surface area contributed by atoms with Crippen LogP contribution in [0.4, 0.5) is 5.69 Å². The number of phenols is 1. The molecular formula is C16H11Cl3N2O2S. The lowest BCUT2D eigenvalue weighted by molar-refractivity contribution is -0.115. The lowest BCUT2D eigenvalue weighted by Crippen LogP contribution is -2.32. The molecule has 0 saturated heterocycles. The maximum absolute atomic E-state index is 11.8. The molecule has 0 bridgehead atoms. The van der Waals surface area contributed by atoms with E-state index >= 15 is 0 Å². The first-order valence-electron chi connectivity index (χ1n) is 6.59. The van der Waals surface area contributed by atoms with Gasteiger partial charge in [-0.1, -0.05) is 46.9 Å². The molecule has 0 fully saturated rings. The zero-order valence-corrected chi connectivity index (χ0v) is 15.1. The van der Waals surface area contributed by atoms with Gasteiger partial charge in [-0.15, -0.1) is 0 Å². The SMILES string of the molecule is O=C(C=Cc1ccc(Cl)cc1)NC(=S)Nc1cc(Cl)c(O)c(Cl)c1. The van der Waals surface area contributed by atoms with Crippen molar-refractivity contribution in [3.8, 4) is 5.75 Å². The van der Waals surface area contributed by atoms with Crippen molar-refractivity contribution < 1.29 is 9.90 Å². The van der Waals surface area contributed by atoms with Crippen molar-refractivity contribution >= 4 is 69.8 Å². The standard InChI is InChI=1S/C16H11Cl3N2O2S/c17-10-4-1-9(2-5-10)3-6-14(22)21-16(24)20-11-7-12(18)15(23)13(19)8-11/h1-8,23H,(H2,20,21,22,24). The summed E-state index contributed by atoms with van der Waals surface area (Å²) in [4.78, 5) is 11.8. The third kappa shape index (κ3) is 5.39. The van der Waals surface area contributed by atoms with Crippen molar-refractivity contribution in [2.45, 2.75) is 0 Å². The quantitative estimate of drug-likeness (QED) is 0.390. The van der Waals surface area contributed by atoms with Gasteiger partial charge in [-0.3, -0.25) is 10.1 Å². The molecule has 24 heavy (non-hydrogen) atoms. The summed E-state index contributed by atoms with van der Waals surface area (Å²) in [5.74, 6) is -0.622. The van der Waals surface area contributed by atoms with Crippen molar-refractivity contribution in [3.05, 3.63) is 63.1 Å². The summed E-state index contributed by atoms with van der Waals surface area (Å²) in [6.07, 6.45) is 2.97. The van der Waals surface area contributed by atoms with Gasteiger partial charge in [0.25, 0.3) is 0 Å². The van der Waals surface area contributed by atoms with Crippen LogP contribution in [0.3, 0.4) is 0 Å². The van der Waals surface area contributed by atoms with E-state index in [9.17, 15) is 9.90 Å². The second-order valence-electron chi connectivity index (χ2n) is 4.62. The van der Waals surface area contributed by atoms with Gasteiger partial charge in [0, 0.05) is 16.8 Å². The number of hydrogen-bond donors (Lipinski definition) is 3. The van der Waals surface area contributed by atoms with E-state index in [2.05, 4.69) is 10.6 Å². The highest BCUT2D eigenvalue weighted by Crippen LogP contribution is 2.34. The van der Waals surface area contributed by atoms with E-state index in [0.29, 0.717) is 10.7 Å².